The van der Waals surface area contributed by atoms with Gasteiger partial charge in [-0.2, -0.15) is 0 Å². The first-order chi connectivity index (χ1) is 17.7. The van der Waals surface area contributed by atoms with E-state index in [0.717, 1.165) is 38.2 Å². The lowest BCUT2D eigenvalue weighted by Gasteiger charge is -2.15. The molecule has 3 aromatic rings. The molecule has 1 atom stereocenters. The highest BCUT2D eigenvalue weighted by Gasteiger charge is 2.10. The van der Waals surface area contributed by atoms with Crippen LogP contribution in [0.1, 0.15) is 96.6 Å². The molecule has 0 aliphatic carbocycles. The van der Waals surface area contributed by atoms with Crippen LogP contribution in [0.25, 0.3) is 22.3 Å². The van der Waals surface area contributed by atoms with Gasteiger partial charge in [-0.05, 0) is 59.7 Å². The molecule has 1 unspecified atom stereocenters. The van der Waals surface area contributed by atoms with Crippen LogP contribution in [0.3, 0.4) is 0 Å². The molecule has 3 rings (SSSR count). The molecule has 0 fully saturated rings. The molecule has 3 aromatic carbocycles. The van der Waals surface area contributed by atoms with E-state index in [1.165, 1.54) is 72.8 Å². The summed E-state index contributed by atoms with van der Waals surface area (Å²) in [4.78, 5) is 0. The fourth-order valence-corrected chi connectivity index (χ4v) is 4.58. The van der Waals surface area contributed by atoms with Crippen molar-refractivity contribution < 1.29 is 9.47 Å². The van der Waals surface area contributed by atoms with Crippen molar-refractivity contribution in [2.24, 2.45) is 0 Å². The second-order valence-corrected chi connectivity index (χ2v) is 9.88. The van der Waals surface area contributed by atoms with Gasteiger partial charge in [-0.15, -0.1) is 0 Å². The van der Waals surface area contributed by atoms with Crippen molar-refractivity contribution in [3.05, 3.63) is 78.4 Å². The van der Waals surface area contributed by atoms with Gasteiger partial charge in [0.1, 0.15) is 5.75 Å². The first-order valence-corrected chi connectivity index (χ1v) is 14.3. The number of hydrogen-bond donors (Lipinski definition) is 0. The SMILES string of the molecule is CCCCCCCCCCOc1ccc(-c2ccccc2-c2ccc(C(C)OCCCC)cc2)cc1. The van der Waals surface area contributed by atoms with E-state index in [1.807, 2.05) is 0 Å². The molecule has 2 nitrogen and oxygen atoms in total. The summed E-state index contributed by atoms with van der Waals surface area (Å²) >= 11 is 0. The fourth-order valence-electron chi connectivity index (χ4n) is 4.58. The third-order valence-corrected chi connectivity index (χ3v) is 6.92. The predicted molar refractivity (Wildman–Crippen MR) is 155 cm³/mol. The van der Waals surface area contributed by atoms with Crippen LogP contribution in [-0.2, 0) is 4.74 Å². The number of unbranched alkanes of at least 4 members (excludes halogenated alkanes) is 8. The molecule has 2 heteroatoms. The van der Waals surface area contributed by atoms with Crippen LogP contribution in [0.15, 0.2) is 72.8 Å². The Balaban J connectivity index is 1.54. The highest BCUT2D eigenvalue weighted by atomic mass is 16.5. The fraction of sp³-hybridized carbons (Fsp3) is 0.471. The quantitative estimate of drug-likeness (QED) is 0.177. The molecular weight excluding hydrogens is 440 g/mol. The van der Waals surface area contributed by atoms with E-state index >= 15 is 0 Å². The average molecular weight is 487 g/mol. The Morgan fingerprint density at radius 2 is 1.08 bits per heavy atom. The third kappa shape index (κ3) is 9.13. The highest BCUT2D eigenvalue weighted by molar-refractivity contribution is 5.83. The van der Waals surface area contributed by atoms with E-state index in [9.17, 15) is 0 Å². The minimum atomic E-state index is 0.124. The van der Waals surface area contributed by atoms with Gasteiger partial charge in [0, 0.05) is 6.61 Å². The Labute approximate surface area is 220 Å². The van der Waals surface area contributed by atoms with Gasteiger partial charge in [0.25, 0.3) is 0 Å². The van der Waals surface area contributed by atoms with Crippen LogP contribution in [0.4, 0.5) is 0 Å². The molecule has 0 heterocycles. The molecule has 36 heavy (non-hydrogen) atoms. The molecule has 0 aliphatic heterocycles. The Kier molecular flexibility index (Phi) is 12.6. The zero-order valence-electron chi connectivity index (χ0n) is 22.8. The summed E-state index contributed by atoms with van der Waals surface area (Å²) < 4.78 is 12.0. The number of ether oxygens (including phenoxy) is 2. The van der Waals surface area contributed by atoms with E-state index in [-0.39, 0.29) is 6.10 Å². The molecular formula is C34H46O2. The van der Waals surface area contributed by atoms with Crippen molar-refractivity contribution in [1.29, 1.82) is 0 Å². The predicted octanol–water partition coefficient (Wildman–Crippen LogP) is 10.4. The van der Waals surface area contributed by atoms with Crippen molar-refractivity contribution in [1.82, 2.24) is 0 Å². The topological polar surface area (TPSA) is 18.5 Å². The summed E-state index contributed by atoms with van der Waals surface area (Å²) in [5.41, 5.74) is 6.16. The van der Waals surface area contributed by atoms with Gasteiger partial charge in [0.2, 0.25) is 0 Å². The third-order valence-electron chi connectivity index (χ3n) is 6.92. The number of hydrogen-bond acceptors (Lipinski definition) is 2. The van der Waals surface area contributed by atoms with Crippen LogP contribution in [0.2, 0.25) is 0 Å². The lowest BCUT2D eigenvalue weighted by molar-refractivity contribution is 0.0637. The largest absolute Gasteiger partial charge is 0.494 e. The van der Waals surface area contributed by atoms with Crippen molar-refractivity contribution in [3.63, 3.8) is 0 Å². The average Bonchev–Trinajstić information content (AvgIpc) is 2.93. The summed E-state index contributed by atoms with van der Waals surface area (Å²) in [6.07, 6.45) is 13.0. The molecule has 0 spiro atoms. The van der Waals surface area contributed by atoms with Gasteiger partial charge in [-0.25, -0.2) is 0 Å². The van der Waals surface area contributed by atoms with E-state index in [4.69, 9.17) is 9.47 Å². The summed E-state index contributed by atoms with van der Waals surface area (Å²) in [7, 11) is 0. The molecule has 0 N–H and O–H groups in total. The molecule has 0 aromatic heterocycles. The Hall–Kier alpha value is -2.58. The van der Waals surface area contributed by atoms with Gasteiger partial charge in [-0.3, -0.25) is 0 Å². The van der Waals surface area contributed by atoms with E-state index in [2.05, 4.69) is 93.6 Å². The van der Waals surface area contributed by atoms with Crippen molar-refractivity contribution in [2.75, 3.05) is 13.2 Å². The molecule has 0 amide bonds. The van der Waals surface area contributed by atoms with Gasteiger partial charge >= 0.3 is 0 Å². The number of benzene rings is 3. The highest BCUT2D eigenvalue weighted by Crippen LogP contribution is 2.33. The maximum Gasteiger partial charge on any atom is 0.119 e. The second-order valence-electron chi connectivity index (χ2n) is 9.88. The maximum atomic E-state index is 6.02. The summed E-state index contributed by atoms with van der Waals surface area (Å²) in [6.45, 7) is 8.22. The Morgan fingerprint density at radius 1 is 0.556 bits per heavy atom. The van der Waals surface area contributed by atoms with Gasteiger partial charge < -0.3 is 9.47 Å². The standard InChI is InChI=1S/C34H46O2/c1-4-6-8-9-10-11-12-15-27-36-32-24-22-31(23-25-32)34-17-14-13-16-33(34)30-20-18-29(19-21-30)28(3)35-26-7-5-2/h13-14,16-25,28H,4-12,15,26-27H2,1-3H3. The molecule has 0 aliphatic rings. The summed E-state index contributed by atoms with van der Waals surface area (Å²) in [5.74, 6) is 0.959. The summed E-state index contributed by atoms with van der Waals surface area (Å²) in [5, 5.41) is 0. The van der Waals surface area contributed by atoms with Gasteiger partial charge in [0.05, 0.1) is 12.7 Å². The Morgan fingerprint density at radius 3 is 1.67 bits per heavy atom. The van der Waals surface area contributed by atoms with Crippen molar-refractivity contribution >= 4 is 0 Å². The molecule has 0 saturated heterocycles. The maximum absolute atomic E-state index is 6.02. The second kappa shape index (κ2) is 16.2. The molecule has 194 valence electrons. The van der Waals surface area contributed by atoms with Gasteiger partial charge in [-0.1, -0.05) is 126 Å². The van der Waals surface area contributed by atoms with Crippen molar-refractivity contribution in [2.45, 2.75) is 91.1 Å². The normalized spacial score (nSPS) is 12.0. The molecule has 0 saturated carbocycles. The first-order valence-electron chi connectivity index (χ1n) is 14.3. The van der Waals surface area contributed by atoms with E-state index in [1.54, 1.807) is 0 Å². The van der Waals surface area contributed by atoms with Crippen molar-refractivity contribution in [3.8, 4) is 28.0 Å². The minimum Gasteiger partial charge on any atom is -0.494 e. The first kappa shape index (κ1) is 28.0. The summed E-state index contributed by atoms with van der Waals surface area (Å²) in [6, 6.07) is 26.0. The monoisotopic (exact) mass is 486 g/mol. The van der Waals surface area contributed by atoms with Crippen LogP contribution >= 0.6 is 0 Å². The minimum absolute atomic E-state index is 0.124. The molecule has 0 radical (unpaired) electrons. The van der Waals surface area contributed by atoms with Crippen LogP contribution in [-0.4, -0.2) is 13.2 Å². The zero-order valence-corrected chi connectivity index (χ0v) is 22.8. The van der Waals surface area contributed by atoms with Crippen LogP contribution < -0.4 is 4.74 Å². The number of rotatable bonds is 17. The lowest BCUT2D eigenvalue weighted by Crippen LogP contribution is -2.01. The molecule has 0 bridgehead atoms. The van der Waals surface area contributed by atoms with Crippen LogP contribution in [0, 0.1) is 0 Å². The van der Waals surface area contributed by atoms with E-state index in [0.29, 0.717) is 0 Å². The Bertz CT molecular complexity index is 975. The van der Waals surface area contributed by atoms with E-state index < -0.39 is 0 Å². The zero-order chi connectivity index (χ0) is 25.4. The van der Waals surface area contributed by atoms with Gasteiger partial charge in [0.15, 0.2) is 0 Å². The lowest BCUT2D eigenvalue weighted by atomic mass is 9.94. The smallest absolute Gasteiger partial charge is 0.119 e. The van der Waals surface area contributed by atoms with Crippen LogP contribution in [0.5, 0.6) is 5.75 Å².